The van der Waals surface area contributed by atoms with Gasteiger partial charge in [0.1, 0.15) is 22.5 Å². The summed E-state index contributed by atoms with van der Waals surface area (Å²) in [6.45, 7) is 3.99. The summed E-state index contributed by atoms with van der Waals surface area (Å²) in [5, 5.41) is 2.00. The van der Waals surface area contributed by atoms with E-state index in [-0.39, 0.29) is 0 Å². The van der Waals surface area contributed by atoms with Crippen molar-refractivity contribution in [1.29, 1.82) is 0 Å². The molecule has 0 aliphatic carbocycles. The molecule has 0 fully saturated rings. The van der Waals surface area contributed by atoms with Crippen molar-refractivity contribution in [3.05, 3.63) is 127 Å². The van der Waals surface area contributed by atoms with Crippen LogP contribution in [0.4, 0.5) is 0 Å². The van der Waals surface area contributed by atoms with Crippen LogP contribution in [0.5, 0.6) is 17.2 Å². The van der Waals surface area contributed by atoms with Gasteiger partial charge in [0.25, 0.3) is 0 Å². The summed E-state index contributed by atoms with van der Waals surface area (Å²) in [7, 11) is 0. The fourth-order valence-electron chi connectivity index (χ4n) is 4.40. The first-order valence-electron chi connectivity index (χ1n) is 12.5. The predicted molar refractivity (Wildman–Crippen MR) is 152 cm³/mol. The van der Waals surface area contributed by atoms with E-state index < -0.39 is 15.1 Å². The van der Waals surface area contributed by atoms with Crippen molar-refractivity contribution >= 4 is 37.0 Å². The van der Waals surface area contributed by atoms with Crippen molar-refractivity contribution in [2.45, 2.75) is 13.8 Å². The number of pyridine rings is 2. The van der Waals surface area contributed by atoms with E-state index in [4.69, 9.17) is 16.3 Å². The summed E-state index contributed by atoms with van der Waals surface area (Å²) in [6.07, 6.45) is 1.84. The first-order chi connectivity index (χ1) is 18.6. The molecule has 0 N–H and O–H groups in total. The van der Waals surface area contributed by atoms with Gasteiger partial charge in [0, 0.05) is 22.7 Å². The zero-order valence-electron chi connectivity index (χ0n) is 21.2. The number of fused-ring (bicyclic) bond motifs is 2. The Hall–Kier alpha value is -4.37. The summed E-state index contributed by atoms with van der Waals surface area (Å²) in [4.78, 5) is 9.35. The zero-order valence-corrected chi connectivity index (χ0v) is 22.3. The third-order valence-electron chi connectivity index (χ3n) is 6.27. The molecular weight excluding hydrogens is 487 g/mol. The van der Waals surface area contributed by atoms with Gasteiger partial charge in [-0.25, -0.2) is 4.98 Å². The number of hydrogen-bond donors (Lipinski definition) is 0. The van der Waals surface area contributed by atoms with Gasteiger partial charge in [-0.05, 0) is 66.9 Å². The molecular formula is C32H25AlN2O3. The fraction of sp³-hybridized carbons (Fsp3) is 0.0625. The van der Waals surface area contributed by atoms with Crippen LogP contribution in [-0.2, 0) is 0 Å². The number of hydrogen-bond acceptors (Lipinski definition) is 5. The Balaban J connectivity index is 1.35. The van der Waals surface area contributed by atoms with E-state index in [1.807, 2.05) is 111 Å². The Morgan fingerprint density at radius 1 is 0.579 bits per heavy atom. The van der Waals surface area contributed by atoms with Gasteiger partial charge in [-0.3, -0.25) is 4.98 Å². The second-order valence-electron chi connectivity index (χ2n) is 9.15. The van der Waals surface area contributed by atoms with Crippen LogP contribution < -0.4 is 11.4 Å². The molecule has 0 aliphatic heterocycles. The molecule has 6 heteroatoms. The lowest BCUT2D eigenvalue weighted by atomic mass is 10.1. The van der Waals surface area contributed by atoms with Crippen molar-refractivity contribution in [3.8, 4) is 28.4 Å². The van der Waals surface area contributed by atoms with E-state index in [1.165, 1.54) is 0 Å². The van der Waals surface area contributed by atoms with Crippen molar-refractivity contribution in [2.75, 3.05) is 0 Å². The average Bonchev–Trinajstić information content (AvgIpc) is 2.94. The zero-order chi connectivity index (χ0) is 25.9. The van der Waals surface area contributed by atoms with Gasteiger partial charge >= 0.3 is 15.1 Å². The van der Waals surface area contributed by atoms with Crippen LogP contribution in [0.25, 0.3) is 32.9 Å². The van der Waals surface area contributed by atoms with Crippen LogP contribution in [0.2, 0.25) is 0 Å². The first kappa shape index (κ1) is 24.0. The molecule has 6 rings (SSSR count). The number of aromatic nitrogens is 2. The van der Waals surface area contributed by atoms with Gasteiger partial charge < -0.3 is 11.4 Å². The van der Waals surface area contributed by atoms with Crippen molar-refractivity contribution in [3.63, 3.8) is 0 Å². The molecule has 0 saturated carbocycles. The molecule has 6 aromatic rings. The first-order valence-corrected chi connectivity index (χ1v) is 13.9. The Morgan fingerprint density at radius 2 is 1.26 bits per heavy atom. The van der Waals surface area contributed by atoms with Crippen molar-refractivity contribution in [2.24, 2.45) is 0 Å². The molecule has 0 bridgehead atoms. The molecule has 0 amide bonds. The second-order valence-corrected chi connectivity index (χ2v) is 10.4. The molecule has 2 heterocycles. The van der Waals surface area contributed by atoms with Gasteiger partial charge in [-0.15, -0.1) is 0 Å². The number of rotatable bonds is 7. The van der Waals surface area contributed by atoms with E-state index in [0.717, 1.165) is 44.2 Å². The quantitative estimate of drug-likeness (QED) is 0.206. The maximum atomic E-state index is 6.48. The third-order valence-corrected chi connectivity index (χ3v) is 7.63. The van der Waals surface area contributed by atoms with Crippen LogP contribution in [0.3, 0.4) is 0 Å². The minimum absolute atomic E-state index is 0.629. The standard InChI is InChI=1S/C12H10O.2C10H9NO.Al/c13-12-8-6-11(7-9-12)10-4-2-1-3-5-10;1-7-5-8-3-2-4-9(12)10(8)11-6-7;1-7-5-6-8-3-2-4-9(12)10(8)11-7;/h1-9,13H;2*2-6,12H,1H3;/q;;;+3/p-3. The van der Waals surface area contributed by atoms with E-state index in [1.54, 1.807) is 0 Å². The van der Waals surface area contributed by atoms with Crippen LogP contribution >= 0.6 is 0 Å². The number of aryl methyl sites for hydroxylation is 2. The van der Waals surface area contributed by atoms with Gasteiger partial charge in [-0.1, -0.05) is 72.8 Å². The molecule has 0 radical (unpaired) electrons. The Labute approximate surface area is 226 Å². The minimum atomic E-state index is -2.83. The molecule has 38 heavy (non-hydrogen) atoms. The summed E-state index contributed by atoms with van der Waals surface area (Å²) in [5.74, 6) is 1.94. The highest BCUT2D eigenvalue weighted by molar-refractivity contribution is 6.40. The highest BCUT2D eigenvalue weighted by Gasteiger charge is 2.45. The smallest absolute Gasteiger partial charge is 0.577 e. The maximum Gasteiger partial charge on any atom is 1.20 e. The monoisotopic (exact) mass is 512 g/mol. The van der Waals surface area contributed by atoms with E-state index in [2.05, 4.69) is 23.2 Å². The SMILES string of the molecule is Cc1cnc2c([O][Al]([O]c3ccc(-c4ccccc4)cc3)[O]c3cccc4ccc(C)nc34)cccc2c1. The molecule has 0 aliphatic rings. The third kappa shape index (κ3) is 5.19. The number of para-hydroxylation sites is 2. The van der Waals surface area contributed by atoms with Crippen LogP contribution in [-0.4, -0.2) is 25.1 Å². The lowest BCUT2D eigenvalue weighted by Gasteiger charge is -2.18. The van der Waals surface area contributed by atoms with Crippen LogP contribution in [0.1, 0.15) is 11.3 Å². The molecule has 0 atom stereocenters. The van der Waals surface area contributed by atoms with Crippen molar-refractivity contribution < 1.29 is 11.4 Å². The van der Waals surface area contributed by atoms with E-state index in [0.29, 0.717) is 17.2 Å². The summed E-state index contributed by atoms with van der Waals surface area (Å²) in [6, 6.07) is 36.1. The molecule has 0 unspecified atom stereocenters. The average molecular weight is 513 g/mol. The van der Waals surface area contributed by atoms with Gasteiger partial charge in [-0.2, -0.15) is 0 Å². The van der Waals surface area contributed by atoms with Gasteiger partial charge in [0.2, 0.25) is 0 Å². The van der Waals surface area contributed by atoms with E-state index in [9.17, 15) is 0 Å². The summed E-state index contributed by atoms with van der Waals surface area (Å²) in [5.41, 5.74) is 5.82. The highest BCUT2D eigenvalue weighted by atomic mass is 27.3. The normalized spacial score (nSPS) is 10.9. The van der Waals surface area contributed by atoms with Crippen LogP contribution in [0, 0.1) is 13.8 Å². The number of benzene rings is 4. The van der Waals surface area contributed by atoms with Gasteiger partial charge in [0.15, 0.2) is 0 Å². The molecule has 184 valence electrons. The summed E-state index contributed by atoms with van der Waals surface area (Å²) < 4.78 is 19.4. The highest BCUT2D eigenvalue weighted by Crippen LogP contribution is 2.29. The lowest BCUT2D eigenvalue weighted by Crippen LogP contribution is -2.37. The van der Waals surface area contributed by atoms with Crippen molar-refractivity contribution in [1.82, 2.24) is 9.97 Å². The molecule has 0 spiro atoms. The molecule has 2 aromatic heterocycles. The molecule has 5 nitrogen and oxygen atoms in total. The van der Waals surface area contributed by atoms with E-state index >= 15 is 0 Å². The Morgan fingerprint density at radius 3 is 2.03 bits per heavy atom. The molecule has 0 saturated heterocycles. The summed E-state index contributed by atoms with van der Waals surface area (Å²) >= 11 is -2.83. The van der Waals surface area contributed by atoms with Gasteiger partial charge in [0.05, 0.1) is 5.75 Å². The second kappa shape index (κ2) is 10.6. The fourth-order valence-corrected chi connectivity index (χ4v) is 5.72. The topological polar surface area (TPSA) is 53.5 Å². The number of nitrogens with zero attached hydrogens (tertiary/aromatic N) is 2. The Kier molecular flexibility index (Phi) is 6.66. The maximum absolute atomic E-state index is 6.48. The van der Waals surface area contributed by atoms with Crippen LogP contribution in [0.15, 0.2) is 115 Å². The molecule has 4 aromatic carbocycles. The Bertz CT molecular complexity index is 1720. The lowest BCUT2D eigenvalue weighted by molar-refractivity contribution is 0.310. The minimum Gasteiger partial charge on any atom is -0.577 e. The predicted octanol–water partition coefficient (Wildman–Crippen LogP) is 7.59. The largest absolute Gasteiger partial charge is 1.20 e.